The van der Waals surface area contributed by atoms with Crippen LogP contribution in [-0.4, -0.2) is 49.1 Å². The van der Waals surface area contributed by atoms with Crippen LogP contribution in [0.2, 0.25) is 0 Å². The van der Waals surface area contributed by atoms with Crippen molar-refractivity contribution in [3.05, 3.63) is 29.8 Å². The van der Waals surface area contributed by atoms with Crippen LogP contribution in [0.4, 0.5) is 5.69 Å². The first-order valence-corrected chi connectivity index (χ1v) is 7.16. The van der Waals surface area contributed by atoms with Gasteiger partial charge in [-0.25, -0.2) is 0 Å². The molecule has 5 heteroatoms. The Hall–Kier alpha value is -2.04. The van der Waals surface area contributed by atoms with Crippen molar-refractivity contribution in [3.63, 3.8) is 0 Å². The summed E-state index contributed by atoms with van der Waals surface area (Å²) in [5, 5.41) is 8.89. The van der Waals surface area contributed by atoms with Gasteiger partial charge in [0, 0.05) is 38.4 Å². The summed E-state index contributed by atoms with van der Waals surface area (Å²) >= 11 is 0. The topological polar surface area (TPSA) is 60.9 Å². The minimum atomic E-state index is -0.897. The largest absolute Gasteiger partial charge is 0.481 e. The van der Waals surface area contributed by atoms with Gasteiger partial charge in [-0.05, 0) is 30.7 Å². The highest BCUT2D eigenvalue weighted by Gasteiger charge is 2.18. The zero-order valence-corrected chi connectivity index (χ0v) is 13.2. The summed E-state index contributed by atoms with van der Waals surface area (Å²) in [4.78, 5) is 26.6. The average molecular weight is 292 g/mol. The van der Waals surface area contributed by atoms with Crippen LogP contribution < -0.4 is 4.90 Å². The Morgan fingerprint density at radius 3 is 2.24 bits per heavy atom. The first-order valence-electron chi connectivity index (χ1n) is 7.16. The molecule has 1 aromatic carbocycles. The minimum Gasteiger partial charge on any atom is -0.481 e. The maximum Gasteiger partial charge on any atom is 0.308 e. The van der Waals surface area contributed by atoms with Crippen LogP contribution in [0.15, 0.2) is 24.3 Å². The van der Waals surface area contributed by atoms with E-state index in [1.54, 1.807) is 26.1 Å². The molecule has 0 aliphatic carbocycles. The van der Waals surface area contributed by atoms with Crippen molar-refractivity contribution in [3.8, 4) is 0 Å². The number of carboxylic acids is 1. The molecule has 1 N–H and O–H groups in total. The molecular weight excluding hydrogens is 268 g/mol. The van der Waals surface area contributed by atoms with Crippen LogP contribution in [0.3, 0.4) is 0 Å². The number of nitrogens with zero attached hydrogens (tertiary/aromatic N) is 2. The quantitative estimate of drug-likeness (QED) is 0.838. The lowest BCUT2D eigenvalue weighted by molar-refractivity contribution is -0.141. The van der Waals surface area contributed by atoms with Gasteiger partial charge in [-0.3, -0.25) is 9.59 Å². The van der Waals surface area contributed by atoms with E-state index in [4.69, 9.17) is 5.11 Å². The normalized spacial score (nSPS) is 11.8. The maximum atomic E-state index is 12.2. The molecule has 0 heterocycles. The Morgan fingerprint density at radius 1 is 1.19 bits per heavy atom. The Labute approximate surface area is 126 Å². The van der Waals surface area contributed by atoms with Crippen LogP contribution in [-0.2, 0) is 4.79 Å². The fraction of sp³-hybridized carbons (Fsp3) is 0.500. The van der Waals surface area contributed by atoms with Crippen molar-refractivity contribution >= 4 is 17.6 Å². The van der Waals surface area contributed by atoms with E-state index < -0.39 is 11.9 Å². The molecule has 1 amide bonds. The van der Waals surface area contributed by atoms with Gasteiger partial charge in [0.15, 0.2) is 0 Å². The van der Waals surface area contributed by atoms with E-state index in [0.29, 0.717) is 5.56 Å². The summed E-state index contributed by atoms with van der Waals surface area (Å²) in [6.07, 6.45) is 1.06. The number of amides is 1. The van der Waals surface area contributed by atoms with Crippen molar-refractivity contribution < 1.29 is 14.7 Å². The molecular formula is C16H24N2O3. The molecule has 0 saturated heterocycles. The lowest BCUT2D eigenvalue weighted by atomic mass is 10.1. The first-order chi connectivity index (χ1) is 9.86. The lowest BCUT2D eigenvalue weighted by Crippen LogP contribution is -2.33. The molecule has 5 nitrogen and oxygen atoms in total. The number of carbonyl (C=O) groups excluding carboxylic acids is 1. The molecule has 0 bridgehead atoms. The van der Waals surface area contributed by atoms with Crippen LogP contribution in [0.1, 0.15) is 30.6 Å². The smallest absolute Gasteiger partial charge is 0.308 e. The number of anilines is 1. The summed E-state index contributed by atoms with van der Waals surface area (Å²) < 4.78 is 0. The molecule has 1 rings (SSSR count). The van der Waals surface area contributed by atoms with Crippen molar-refractivity contribution in [1.29, 1.82) is 0 Å². The lowest BCUT2D eigenvalue weighted by Gasteiger charge is -2.21. The second kappa shape index (κ2) is 7.67. The Bertz CT molecular complexity index is 485. The third-order valence-corrected chi connectivity index (χ3v) is 3.43. The molecule has 0 fully saturated rings. The van der Waals surface area contributed by atoms with Gasteiger partial charge in [-0.15, -0.1) is 0 Å². The molecule has 0 aromatic heterocycles. The van der Waals surface area contributed by atoms with E-state index >= 15 is 0 Å². The molecule has 1 atom stereocenters. The van der Waals surface area contributed by atoms with Gasteiger partial charge in [-0.2, -0.15) is 0 Å². The third-order valence-electron chi connectivity index (χ3n) is 3.43. The number of rotatable bonds is 7. The highest BCUT2D eigenvalue weighted by atomic mass is 16.4. The Morgan fingerprint density at radius 2 is 1.76 bits per heavy atom. The standard InChI is InChI=1S/C16H24N2O3/c1-5-10-17(3)14-8-6-13(7-9-14)15(19)18(4)11-12(2)16(20)21/h6-9,12H,5,10-11H2,1-4H3,(H,20,21). The van der Waals surface area contributed by atoms with E-state index in [1.165, 1.54) is 4.90 Å². The van der Waals surface area contributed by atoms with Crippen LogP contribution >= 0.6 is 0 Å². The number of hydrogen-bond acceptors (Lipinski definition) is 3. The molecule has 0 aliphatic heterocycles. The predicted molar refractivity (Wildman–Crippen MR) is 83.8 cm³/mol. The molecule has 0 aliphatic rings. The monoisotopic (exact) mass is 292 g/mol. The first kappa shape index (κ1) is 17.0. The Balaban J connectivity index is 2.72. The summed E-state index contributed by atoms with van der Waals surface area (Å²) in [6, 6.07) is 7.40. The second-order valence-corrected chi connectivity index (χ2v) is 5.39. The summed E-state index contributed by atoms with van der Waals surface area (Å²) in [5.74, 6) is -1.63. The zero-order valence-electron chi connectivity index (χ0n) is 13.2. The van der Waals surface area contributed by atoms with Gasteiger partial charge in [-0.1, -0.05) is 13.8 Å². The summed E-state index contributed by atoms with van der Waals surface area (Å²) in [5.41, 5.74) is 1.64. The molecule has 0 saturated carbocycles. The van der Waals surface area contributed by atoms with Crippen LogP contribution in [0, 0.1) is 5.92 Å². The van der Waals surface area contributed by atoms with Gasteiger partial charge in [0.05, 0.1) is 5.92 Å². The number of carbonyl (C=O) groups is 2. The van der Waals surface area contributed by atoms with E-state index in [2.05, 4.69) is 11.8 Å². The van der Waals surface area contributed by atoms with Gasteiger partial charge in [0.2, 0.25) is 0 Å². The van der Waals surface area contributed by atoms with Gasteiger partial charge in [0.25, 0.3) is 5.91 Å². The van der Waals surface area contributed by atoms with Gasteiger partial charge < -0.3 is 14.9 Å². The van der Waals surface area contributed by atoms with Crippen LogP contribution in [0.25, 0.3) is 0 Å². The average Bonchev–Trinajstić information content (AvgIpc) is 2.46. The van der Waals surface area contributed by atoms with Crippen LogP contribution in [0.5, 0.6) is 0 Å². The molecule has 0 radical (unpaired) electrons. The predicted octanol–water partition coefficient (Wildman–Crippen LogP) is 2.33. The maximum absolute atomic E-state index is 12.2. The summed E-state index contributed by atoms with van der Waals surface area (Å²) in [7, 11) is 3.64. The molecule has 116 valence electrons. The van der Waals surface area contributed by atoms with Crippen molar-refractivity contribution in [2.24, 2.45) is 5.92 Å². The number of aliphatic carboxylic acids is 1. The van der Waals surface area contributed by atoms with E-state index in [-0.39, 0.29) is 12.5 Å². The van der Waals surface area contributed by atoms with E-state index in [1.807, 2.05) is 19.2 Å². The van der Waals surface area contributed by atoms with Crippen molar-refractivity contribution in [2.45, 2.75) is 20.3 Å². The van der Waals surface area contributed by atoms with Crippen molar-refractivity contribution in [2.75, 3.05) is 32.1 Å². The molecule has 1 aromatic rings. The van der Waals surface area contributed by atoms with Crippen molar-refractivity contribution in [1.82, 2.24) is 4.90 Å². The molecule has 21 heavy (non-hydrogen) atoms. The number of benzene rings is 1. The summed E-state index contributed by atoms with van der Waals surface area (Å²) in [6.45, 7) is 4.87. The fourth-order valence-electron chi connectivity index (χ4n) is 2.12. The second-order valence-electron chi connectivity index (χ2n) is 5.39. The minimum absolute atomic E-state index is 0.159. The van der Waals surface area contributed by atoms with Gasteiger partial charge in [0.1, 0.15) is 0 Å². The third kappa shape index (κ3) is 4.77. The fourth-order valence-corrected chi connectivity index (χ4v) is 2.12. The SMILES string of the molecule is CCCN(C)c1ccc(C(=O)N(C)CC(C)C(=O)O)cc1. The number of hydrogen-bond donors (Lipinski definition) is 1. The zero-order chi connectivity index (χ0) is 16.0. The van der Waals surface area contributed by atoms with E-state index in [9.17, 15) is 9.59 Å². The Kier molecular flexibility index (Phi) is 6.21. The van der Waals surface area contributed by atoms with E-state index in [0.717, 1.165) is 18.7 Å². The van der Waals surface area contributed by atoms with Gasteiger partial charge >= 0.3 is 5.97 Å². The highest BCUT2D eigenvalue weighted by molar-refractivity contribution is 5.94. The molecule has 1 unspecified atom stereocenters. The molecule has 0 spiro atoms. The number of carboxylic acid groups (broad SMARTS) is 1. The highest BCUT2D eigenvalue weighted by Crippen LogP contribution is 2.15.